The average molecular weight is 381 g/mol. The molecule has 28 heavy (non-hydrogen) atoms. The van der Waals surface area contributed by atoms with Crippen LogP contribution in [0.2, 0.25) is 0 Å². The number of para-hydroxylation sites is 1. The van der Waals surface area contributed by atoms with Crippen molar-refractivity contribution in [2.24, 2.45) is 0 Å². The van der Waals surface area contributed by atoms with Crippen molar-refractivity contribution in [3.63, 3.8) is 0 Å². The van der Waals surface area contributed by atoms with Gasteiger partial charge in [-0.05, 0) is 44.1 Å². The van der Waals surface area contributed by atoms with E-state index in [2.05, 4.69) is 0 Å². The van der Waals surface area contributed by atoms with Crippen molar-refractivity contribution in [3.8, 4) is 5.75 Å². The van der Waals surface area contributed by atoms with Crippen molar-refractivity contribution < 1.29 is 14.6 Å². The molecule has 0 radical (unpaired) electrons. The molecule has 2 heterocycles. The van der Waals surface area contributed by atoms with Crippen LogP contribution >= 0.6 is 0 Å². The number of nitro groups is 2. The number of anilines is 1. The van der Waals surface area contributed by atoms with Gasteiger partial charge < -0.3 is 9.64 Å². The minimum Gasteiger partial charge on any atom is -0.456 e. The van der Waals surface area contributed by atoms with Gasteiger partial charge in [-0.3, -0.25) is 20.2 Å². The summed E-state index contributed by atoms with van der Waals surface area (Å²) in [5, 5.41) is 22.8. The third-order valence-corrected chi connectivity index (χ3v) is 5.88. The summed E-state index contributed by atoms with van der Waals surface area (Å²) in [6.45, 7) is 6.07. The van der Waals surface area contributed by atoms with Crippen LogP contribution in [0, 0.1) is 27.2 Å². The molecule has 0 aromatic heterocycles. The topological polar surface area (TPSA) is 98.8 Å². The summed E-state index contributed by atoms with van der Waals surface area (Å²) < 4.78 is 6.35. The summed E-state index contributed by atoms with van der Waals surface area (Å²) in [6, 6.07) is 8.27. The molecule has 2 aromatic rings. The van der Waals surface area contributed by atoms with Crippen LogP contribution in [0.1, 0.15) is 30.5 Å². The Kier molecular flexibility index (Phi) is 3.56. The Morgan fingerprint density at radius 1 is 1.11 bits per heavy atom. The standard InChI is InChI=1S/C20H19N3O5/c1-12-6-5-7-15-17(12)21(4)20(19(15,2)3)9-8-13-10-14(22(24)25)11-16(23(26)27)18(13)28-20/h5-11H,1-4H3. The first-order valence-corrected chi connectivity index (χ1v) is 8.79. The molecule has 0 fully saturated rings. The summed E-state index contributed by atoms with van der Waals surface area (Å²) in [6.07, 6.45) is 3.51. The van der Waals surface area contributed by atoms with Crippen LogP contribution in [0.5, 0.6) is 5.75 Å². The third-order valence-electron chi connectivity index (χ3n) is 5.88. The Bertz CT molecular complexity index is 1080. The van der Waals surface area contributed by atoms with Gasteiger partial charge in [-0.25, -0.2) is 0 Å². The second-order valence-electron chi connectivity index (χ2n) is 7.68. The molecule has 0 bridgehead atoms. The predicted molar refractivity (Wildman–Crippen MR) is 105 cm³/mol. The van der Waals surface area contributed by atoms with Gasteiger partial charge in [-0.1, -0.05) is 18.2 Å². The summed E-state index contributed by atoms with van der Waals surface area (Å²) in [7, 11) is 1.90. The molecule has 0 aliphatic carbocycles. The molecule has 0 amide bonds. The third kappa shape index (κ3) is 2.11. The number of rotatable bonds is 2. The van der Waals surface area contributed by atoms with Crippen LogP contribution in [0.15, 0.2) is 36.4 Å². The first-order chi connectivity index (χ1) is 13.1. The molecule has 1 spiro atoms. The van der Waals surface area contributed by atoms with Gasteiger partial charge in [-0.2, -0.15) is 0 Å². The fraction of sp³-hybridized carbons (Fsp3) is 0.300. The molecule has 8 heteroatoms. The molecule has 0 saturated carbocycles. The van der Waals surface area contributed by atoms with Crippen molar-refractivity contribution in [1.82, 2.24) is 0 Å². The van der Waals surface area contributed by atoms with Gasteiger partial charge in [0.2, 0.25) is 11.5 Å². The van der Waals surface area contributed by atoms with E-state index in [1.54, 1.807) is 6.08 Å². The maximum Gasteiger partial charge on any atom is 0.318 e. The number of nitro benzene ring substituents is 2. The quantitative estimate of drug-likeness (QED) is 0.567. The van der Waals surface area contributed by atoms with Crippen molar-refractivity contribution >= 4 is 23.1 Å². The highest BCUT2D eigenvalue weighted by Crippen LogP contribution is 2.56. The van der Waals surface area contributed by atoms with Crippen LogP contribution < -0.4 is 9.64 Å². The van der Waals surface area contributed by atoms with Gasteiger partial charge >= 0.3 is 5.69 Å². The molecule has 0 saturated heterocycles. The molecule has 144 valence electrons. The summed E-state index contributed by atoms with van der Waals surface area (Å²) >= 11 is 0. The number of ether oxygens (including phenoxy) is 1. The lowest BCUT2D eigenvalue weighted by molar-refractivity contribution is -0.395. The minimum atomic E-state index is -0.991. The number of likely N-dealkylation sites (N-methyl/N-ethyl adjacent to an activating group) is 1. The van der Waals surface area contributed by atoms with Crippen LogP contribution in [-0.4, -0.2) is 22.6 Å². The highest BCUT2D eigenvalue weighted by Gasteiger charge is 2.58. The maximum absolute atomic E-state index is 11.6. The lowest BCUT2D eigenvalue weighted by Gasteiger charge is -2.45. The van der Waals surface area contributed by atoms with Gasteiger partial charge in [-0.15, -0.1) is 0 Å². The van der Waals surface area contributed by atoms with E-state index in [0.29, 0.717) is 5.56 Å². The minimum absolute atomic E-state index is 0.0449. The molecule has 2 aromatic carbocycles. The van der Waals surface area contributed by atoms with Crippen molar-refractivity contribution in [2.75, 3.05) is 11.9 Å². The summed E-state index contributed by atoms with van der Waals surface area (Å²) in [5.41, 5.74) is 1.23. The number of nitrogens with zero attached hydrogens (tertiary/aromatic N) is 3. The first kappa shape index (κ1) is 18.0. The molecule has 1 unspecified atom stereocenters. The Morgan fingerprint density at radius 3 is 2.43 bits per heavy atom. The molecule has 2 aliphatic rings. The fourth-order valence-electron chi connectivity index (χ4n) is 4.39. The van der Waals surface area contributed by atoms with Crippen molar-refractivity contribution in [1.29, 1.82) is 0 Å². The Hall–Kier alpha value is -3.42. The first-order valence-electron chi connectivity index (χ1n) is 8.79. The van der Waals surface area contributed by atoms with Crippen LogP contribution in [0.4, 0.5) is 17.1 Å². The van der Waals surface area contributed by atoms with Crippen LogP contribution in [0.3, 0.4) is 0 Å². The van der Waals surface area contributed by atoms with Gasteiger partial charge in [0.15, 0.2) is 0 Å². The van der Waals surface area contributed by atoms with E-state index in [1.165, 1.54) is 6.07 Å². The van der Waals surface area contributed by atoms with Crippen LogP contribution in [0.25, 0.3) is 6.08 Å². The molecular formula is C20H19N3O5. The molecule has 2 aliphatic heterocycles. The van der Waals surface area contributed by atoms with Crippen molar-refractivity contribution in [2.45, 2.75) is 31.9 Å². The van der Waals surface area contributed by atoms with E-state index in [0.717, 1.165) is 22.9 Å². The zero-order valence-electron chi connectivity index (χ0n) is 15.9. The fourth-order valence-corrected chi connectivity index (χ4v) is 4.39. The zero-order chi connectivity index (χ0) is 20.4. The van der Waals surface area contributed by atoms with Gasteiger partial charge in [0.25, 0.3) is 5.69 Å². The van der Waals surface area contributed by atoms with E-state index in [-0.39, 0.29) is 11.4 Å². The van der Waals surface area contributed by atoms with E-state index >= 15 is 0 Å². The van der Waals surface area contributed by atoms with Gasteiger partial charge in [0.05, 0.1) is 21.3 Å². The number of non-ortho nitro benzene ring substituents is 1. The summed E-state index contributed by atoms with van der Waals surface area (Å²) in [4.78, 5) is 23.5. The number of hydrogen-bond acceptors (Lipinski definition) is 6. The molecule has 0 N–H and O–H groups in total. The molecule has 1 atom stereocenters. The highest BCUT2D eigenvalue weighted by molar-refractivity contribution is 5.77. The smallest absolute Gasteiger partial charge is 0.318 e. The number of aryl methyl sites for hydroxylation is 1. The van der Waals surface area contributed by atoms with E-state index < -0.39 is 26.7 Å². The monoisotopic (exact) mass is 381 g/mol. The molecular weight excluding hydrogens is 362 g/mol. The summed E-state index contributed by atoms with van der Waals surface area (Å²) in [5.74, 6) is 0.0449. The highest BCUT2D eigenvalue weighted by atomic mass is 16.6. The van der Waals surface area contributed by atoms with Crippen molar-refractivity contribution in [3.05, 3.63) is 73.3 Å². The normalized spacial score (nSPS) is 21.2. The maximum atomic E-state index is 11.6. The Morgan fingerprint density at radius 2 is 1.82 bits per heavy atom. The largest absolute Gasteiger partial charge is 0.456 e. The van der Waals surface area contributed by atoms with E-state index in [9.17, 15) is 20.2 Å². The van der Waals surface area contributed by atoms with E-state index in [4.69, 9.17) is 4.74 Å². The molecule has 8 nitrogen and oxygen atoms in total. The van der Waals surface area contributed by atoms with E-state index in [1.807, 2.05) is 57.0 Å². The SMILES string of the molecule is Cc1cccc2c1N(C)C1(C=Cc3cc([N+](=O)[O-])cc([N+](=O)[O-])c3O1)C2(C)C. The second kappa shape index (κ2) is 5.54. The zero-order valence-corrected chi connectivity index (χ0v) is 15.9. The predicted octanol–water partition coefficient (Wildman–Crippen LogP) is 4.34. The number of fused-ring (bicyclic) bond motifs is 2. The van der Waals surface area contributed by atoms with Gasteiger partial charge in [0.1, 0.15) is 0 Å². The Labute approximate surface area is 161 Å². The van der Waals surface area contributed by atoms with Gasteiger partial charge in [0, 0.05) is 24.4 Å². The molecule has 4 rings (SSSR count). The van der Waals surface area contributed by atoms with Crippen LogP contribution in [-0.2, 0) is 5.41 Å². The number of hydrogen-bond donors (Lipinski definition) is 0. The average Bonchev–Trinajstić information content (AvgIpc) is 2.80. The Balaban J connectivity index is 1.94. The lowest BCUT2D eigenvalue weighted by atomic mass is 9.76. The number of benzene rings is 2. The second-order valence-corrected chi connectivity index (χ2v) is 7.68. The lowest BCUT2D eigenvalue weighted by Crippen LogP contribution is -2.58.